The van der Waals surface area contributed by atoms with Gasteiger partial charge in [-0.15, -0.1) is 0 Å². The van der Waals surface area contributed by atoms with E-state index < -0.39 is 0 Å². The summed E-state index contributed by atoms with van der Waals surface area (Å²) < 4.78 is 11.7. The first kappa shape index (κ1) is 20.2. The van der Waals surface area contributed by atoms with Crippen molar-refractivity contribution in [3.63, 3.8) is 0 Å². The molecule has 0 bridgehead atoms. The highest BCUT2D eigenvalue weighted by Gasteiger charge is 2.10. The Morgan fingerprint density at radius 3 is 2.41 bits per heavy atom. The molecule has 4 rings (SSSR count). The van der Waals surface area contributed by atoms with Gasteiger partial charge in [-0.2, -0.15) is 0 Å². The van der Waals surface area contributed by atoms with E-state index in [-0.39, 0.29) is 5.43 Å². The number of hydrogen-bond donors (Lipinski definition) is 0. The molecule has 154 valence electrons. The molecule has 3 aromatic rings. The van der Waals surface area contributed by atoms with Crippen molar-refractivity contribution < 1.29 is 9.15 Å². The molecule has 0 atom stereocenters. The fourth-order valence-electron chi connectivity index (χ4n) is 4.06. The van der Waals surface area contributed by atoms with Gasteiger partial charge < -0.3 is 14.1 Å². The van der Waals surface area contributed by atoms with Gasteiger partial charge in [-0.3, -0.25) is 4.79 Å². The van der Waals surface area contributed by atoms with Crippen LogP contribution in [-0.2, 0) is 0 Å². The molecule has 4 nitrogen and oxygen atoms in total. The van der Waals surface area contributed by atoms with E-state index in [1.807, 2.05) is 6.07 Å². The molecule has 1 saturated heterocycles. The van der Waals surface area contributed by atoms with Crippen molar-refractivity contribution in [1.29, 1.82) is 0 Å². The minimum absolute atomic E-state index is 0.0772. The first-order chi connectivity index (χ1) is 14.2. The van der Waals surface area contributed by atoms with Crippen LogP contribution >= 0.6 is 11.6 Å². The van der Waals surface area contributed by atoms with Crippen LogP contribution in [0.1, 0.15) is 44.9 Å². The molecule has 2 heterocycles. The Bertz CT molecular complexity index is 1020. The highest BCUT2D eigenvalue weighted by atomic mass is 35.5. The van der Waals surface area contributed by atoms with Gasteiger partial charge in [-0.05, 0) is 88.1 Å². The van der Waals surface area contributed by atoms with E-state index in [0.29, 0.717) is 39.3 Å². The van der Waals surface area contributed by atoms with Gasteiger partial charge in [0.2, 0.25) is 5.43 Å². The highest BCUT2D eigenvalue weighted by Crippen LogP contribution is 2.24. The summed E-state index contributed by atoms with van der Waals surface area (Å²) >= 11 is 6.03. The lowest BCUT2D eigenvalue weighted by Gasteiger charge is -2.19. The van der Waals surface area contributed by atoms with E-state index in [9.17, 15) is 4.79 Å². The Labute approximate surface area is 176 Å². The van der Waals surface area contributed by atoms with E-state index in [1.165, 1.54) is 51.7 Å². The molecule has 2 aromatic carbocycles. The molecule has 29 heavy (non-hydrogen) atoms. The summed E-state index contributed by atoms with van der Waals surface area (Å²) in [6.45, 7) is 4.38. The molecule has 5 heteroatoms. The van der Waals surface area contributed by atoms with Crippen molar-refractivity contribution in [3.8, 4) is 5.75 Å². The van der Waals surface area contributed by atoms with Crippen molar-refractivity contribution in [3.05, 3.63) is 51.6 Å². The van der Waals surface area contributed by atoms with E-state index in [1.54, 1.807) is 30.3 Å². The van der Waals surface area contributed by atoms with Crippen LogP contribution in [0.25, 0.3) is 21.9 Å². The fourth-order valence-corrected chi connectivity index (χ4v) is 4.23. The van der Waals surface area contributed by atoms with Crippen LogP contribution in [0.4, 0.5) is 0 Å². The summed E-state index contributed by atoms with van der Waals surface area (Å²) in [5.74, 6) is 0.707. The van der Waals surface area contributed by atoms with E-state index in [2.05, 4.69) is 4.90 Å². The first-order valence-corrected chi connectivity index (χ1v) is 11.1. The fraction of sp³-hybridized carbons (Fsp3) is 0.458. The number of ether oxygens (including phenoxy) is 1. The molecular formula is C24H28ClNO3. The van der Waals surface area contributed by atoms with Crippen molar-refractivity contribution in [2.24, 2.45) is 0 Å². The molecule has 0 aliphatic carbocycles. The molecule has 0 saturated carbocycles. The Balaban J connectivity index is 1.32. The molecule has 0 radical (unpaired) electrons. The average molecular weight is 414 g/mol. The normalized spacial score (nSPS) is 15.6. The van der Waals surface area contributed by atoms with E-state index >= 15 is 0 Å². The summed E-state index contributed by atoms with van der Waals surface area (Å²) in [4.78, 5) is 15.4. The van der Waals surface area contributed by atoms with Crippen molar-refractivity contribution in [1.82, 2.24) is 4.90 Å². The number of rotatable bonds is 7. The second-order valence-corrected chi connectivity index (χ2v) is 8.33. The standard InChI is InChI=1S/C24H28ClNO3/c25-18-8-10-22-20(16-18)24(27)21-17-19(9-11-23(21)29-22)28-15-7-3-6-14-26-12-4-1-2-5-13-26/h8-11,16-17H,1-7,12-15H2. The number of hydrogen-bond acceptors (Lipinski definition) is 4. The monoisotopic (exact) mass is 413 g/mol. The van der Waals surface area contributed by atoms with Crippen LogP contribution in [0.5, 0.6) is 5.75 Å². The molecule has 1 fully saturated rings. The van der Waals surface area contributed by atoms with Gasteiger partial charge in [0.05, 0.1) is 17.4 Å². The van der Waals surface area contributed by atoms with E-state index in [4.69, 9.17) is 20.8 Å². The summed E-state index contributed by atoms with van der Waals surface area (Å²) in [5, 5.41) is 1.55. The smallest absolute Gasteiger partial charge is 0.200 e. The maximum absolute atomic E-state index is 12.8. The van der Waals surface area contributed by atoms with Gasteiger partial charge >= 0.3 is 0 Å². The Kier molecular flexibility index (Phi) is 6.73. The number of unbranched alkanes of at least 4 members (excludes halogenated alkanes) is 2. The Hall–Kier alpha value is -2.04. The number of fused-ring (bicyclic) bond motifs is 2. The maximum Gasteiger partial charge on any atom is 0.200 e. The van der Waals surface area contributed by atoms with Gasteiger partial charge in [0.25, 0.3) is 0 Å². The zero-order chi connectivity index (χ0) is 20.1. The largest absolute Gasteiger partial charge is 0.494 e. The van der Waals surface area contributed by atoms with Crippen molar-refractivity contribution >= 4 is 33.5 Å². The number of likely N-dealkylation sites (tertiary alicyclic amines) is 1. The molecule has 0 spiro atoms. The van der Waals surface area contributed by atoms with Crippen LogP contribution in [0, 0.1) is 0 Å². The van der Waals surface area contributed by atoms with Crippen molar-refractivity contribution in [2.75, 3.05) is 26.2 Å². The van der Waals surface area contributed by atoms with Gasteiger partial charge in [0.1, 0.15) is 16.9 Å². The second kappa shape index (κ2) is 9.64. The van der Waals surface area contributed by atoms with Crippen LogP contribution in [-0.4, -0.2) is 31.1 Å². The second-order valence-electron chi connectivity index (χ2n) is 7.89. The quantitative estimate of drug-likeness (QED) is 0.350. The third kappa shape index (κ3) is 5.12. The van der Waals surface area contributed by atoms with Crippen LogP contribution < -0.4 is 10.2 Å². The maximum atomic E-state index is 12.8. The van der Waals surface area contributed by atoms with Crippen LogP contribution in [0.3, 0.4) is 0 Å². The molecular weight excluding hydrogens is 386 g/mol. The first-order valence-electron chi connectivity index (χ1n) is 10.7. The molecule has 1 aromatic heterocycles. The summed E-state index contributed by atoms with van der Waals surface area (Å²) in [6, 6.07) is 10.6. The average Bonchev–Trinajstić information content (AvgIpc) is 3.00. The topological polar surface area (TPSA) is 42.7 Å². The SMILES string of the molecule is O=c1c2cc(Cl)ccc2oc2ccc(OCCCCCN3CCCCCC3)cc12. The molecule has 1 aliphatic rings. The zero-order valence-electron chi connectivity index (χ0n) is 16.8. The lowest BCUT2D eigenvalue weighted by molar-refractivity contribution is 0.266. The van der Waals surface area contributed by atoms with Crippen LogP contribution in [0.15, 0.2) is 45.6 Å². The Morgan fingerprint density at radius 1 is 0.897 bits per heavy atom. The van der Waals surface area contributed by atoms with E-state index in [0.717, 1.165) is 12.8 Å². The summed E-state index contributed by atoms with van der Waals surface area (Å²) in [7, 11) is 0. The number of halogens is 1. The van der Waals surface area contributed by atoms with Crippen LogP contribution in [0.2, 0.25) is 5.02 Å². The van der Waals surface area contributed by atoms with Crippen molar-refractivity contribution in [2.45, 2.75) is 44.9 Å². The minimum Gasteiger partial charge on any atom is -0.494 e. The lowest BCUT2D eigenvalue weighted by atomic mass is 10.1. The minimum atomic E-state index is -0.0772. The third-order valence-corrected chi connectivity index (χ3v) is 5.92. The number of benzene rings is 2. The van der Waals surface area contributed by atoms with Gasteiger partial charge in [-0.25, -0.2) is 0 Å². The lowest BCUT2D eigenvalue weighted by Crippen LogP contribution is -2.25. The zero-order valence-corrected chi connectivity index (χ0v) is 17.5. The molecule has 0 unspecified atom stereocenters. The molecule has 0 N–H and O–H groups in total. The Morgan fingerprint density at radius 2 is 1.62 bits per heavy atom. The van der Waals surface area contributed by atoms with Gasteiger partial charge in [0, 0.05) is 5.02 Å². The molecule has 1 aliphatic heterocycles. The summed E-state index contributed by atoms with van der Waals surface area (Å²) in [5.41, 5.74) is 1.03. The number of nitrogens with zero attached hydrogens (tertiary/aromatic N) is 1. The van der Waals surface area contributed by atoms with Gasteiger partial charge in [0.15, 0.2) is 0 Å². The molecule has 0 amide bonds. The predicted octanol–water partition coefficient (Wildman–Crippen LogP) is 6.02. The predicted molar refractivity (Wildman–Crippen MR) is 119 cm³/mol. The summed E-state index contributed by atoms with van der Waals surface area (Å²) in [6.07, 6.45) is 8.87. The third-order valence-electron chi connectivity index (χ3n) is 5.69. The van der Waals surface area contributed by atoms with Gasteiger partial charge in [-0.1, -0.05) is 24.4 Å². The highest BCUT2D eigenvalue weighted by molar-refractivity contribution is 6.31.